The second kappa shape index (κ2) is 21.3. The minimum Gasteiger partial charge on any atom is -0.478 e. The Morgan fingerprint density at radius 1 is 0.667 bits per heavy atom. The first kappa shape index (κ1) is 46.9. The van der Waals surface area contributed by atoms with E-state index < -0.39 is 5.97 Å². The van der Waals surface area contributed by atoms with Gasteiger partial charge in [0.1, 0.15) is 11.6 Å². The number of carbonyl (C=O) groups is 2. The van der Waals surface area contributed by atoms with Crippen molar-refractivity contribution in [1.29, 1.82) is 0 Å². The van der Waals surface area contributed by atoms with Crippen LogP contribution in [0.3, 0.4) is 0 Å². The Morgan fingerprint density at radius 3 is 1.70 bits per heavy atom. The first-order valence-electron chi connectivity index (χ1n) is 21.1. The van der Waals surface area contributed by atoms with E-state index in [0.717, 1.165) is 98.7 Å². The molecule has 0 aliphatic carbocycles. The molecule has 0 atom stereocenters. The molecular formula is C51H50Cl2N10O3. The van der Waals surface area contributed by atoms with E-state index in [0.29, 0.717) is 47.2 Å². The van der Waals surface area contributed by atoms with Crippen molar-refractivity contribution in [1.82, 2.24) is 35.2 Å². The molecule has 6 aromatic heterocycles. The van der Waals surface area contributed by atoms with Crippen LogP contribution in [0.2, 0.25) is 10.0 Å². The molecule has 15 heteroatoms. The van der Waals surface area contributed by atoms with Gasteiger partial charge in [-0.05, 0) is 133 Å². The zero-order valence-electron chi connectivity index (χ0n) is 35.8. The number of aryl methyl sites for hydroxylation is 2. The van der Waals surface area contributed by atoms with Gasteiger partial charge in [0.05, 0.1) is 26.6 Å². The lowest BCUT2D eigenvalue weighted by atomic mass is 10.0. The van der Waals surface area contributed by atoms with Crippen LogP contribution < -0.4 is 21.7 Å². The molecule has 1 amide bonds. The topological polar surface area (TPSA) is 194 Å². The lowest BCUT2D eigenvalue weighted by Gasteiger charge is -2.10. The predicted molar refractivity (Wildman–Crippen MR) is 263 cm³/mol. The highest BCUT2D eigenvalue weighted by Gasteiger charge is 2.16. The number of anilines is 2. The summed E-state index contributed by atoms with van der Waals surface area (Å²) < 4.78 is 0. The van der Waals surface area contributed by atoms with Gasteiger partial charge < -0.3 is 26.8 Å². The van der Waals surface area contributed by atoms with Crippen molar-refractivity contribution >= 4 is 68.5 Å². The maximum Gasteiger partial charge on any atom is 0.335 e. The van der Waals surface area contributed by atoms with Crippen molar-refractivity contribution in [2.45, 2.75) is 60.0 Å². The molecule has 2 aromatic carbocycles. The summed E-state index contributed by atoms with van der Waals surface area (Å²) in [6.45, 7) is 6.93. The highest BCUT2D eigenvalue weighted by molar-refractivity contribution is 6.31. The fourth-order valence-corrected chi connectivity index (χ4v) is 8.07. The zero-order chi connectivity index (χ0) is 45.5. The van der Waals surface area contributed by atoms with Gasteiger partial charge in [-0.2, -0.15) is 0 Å². The molecule has 2 aliphatic heterocycles. The smallest absolute Gasteiger partial charge is 0.335 e. The van der Waals surface area contributed by atoms with Gasteiger partial charge in [-0.15, -0.1) is 0 Å². The van der Waals surface area contributed by atoms with Gasteiger partial charge in [0, 0.05) is 103 Å². The molecule has 336 valence electrons. The summed E-state index contributed by atoms with van der Waals surface area (Å²) in [5.41, 5.74) is 18.5. The molecule has 0 bridgehead atoms. The number of aromatic nitrogens is 6. The van der Waals surface area contributed by atoms with Crippen LogP contribution in [-0.4, -0.2) is 60.0 Å². The number of benzene rings is 2. The minimum atomic E-state index is -0.951. The van der Waals surface area contributed by atoms with Crippen molar-refractivity contribution in [3.8, 4) is 0 Å². The van der Waals surface area contributed by atoms with Crippen LogP contribution in [-0.2, 0) is 38.8 Å². The van der Waals surface area contributed by atoms with E-state index >= 15 is 0 Å². The Kier molecular flexibility index (Phi) is 15.1. The third-order valence-electron chi connectivity index (χ3n) is 11.2. The Hall–Kier alpha value is -7.06. The van der Waals surface area contributed by atoms with Crippen molar-refractivity contribution in [3.63, 3.8) is 0 Å². The molecule has 8 heterocycles. The van der Waals surface area contributed by atoms with E-state index in [1.54, 1.807) is 30.7 Å². The second-order valence-electron chi connectivity index (χ2n) is 15.8. The van der Waals surface area contributed by atoms with Gasteiger partial charge in [-0.3, -0.25) is 24.7 Å². The normalized spacial score (nSPS) is 12.0. The molecule has 0 radical (unpaired) electrons. The molecule has 2 aliphatic rings. The van der Waals surface area contributed by atoms with Crippen LogP contribution in [0.25, 0.3) is 21.8 Å². The highest BCUT2D eigenvalue weighted by atomic mass is 35.5. The van der Waals surface area contributed by atoms with E-state index in [2.05, 4.69) is 64.1 Å². The first-order chi connectivity index (χ1) is 31.5. The standard InChI is InChI=1S/C25H22ClN5O.C16H11ClN2O2.C9H13N3.CH4/c1-15-20(10-17-4-7-28-24(17)31-15)13-30-25(32)18-5-6-27-22(12-18)9-16-2-3-23-19(8-16)11-21(26)14-29-23;17-13-7-12-5-10(1-2-15(12)19-9-13)6-14-8-11(16(20)21)3-4-18-14;1-6-8(5-10)4-7-2-3-11-9(7)12-6;/h2-3,5-6,8,10-12,14H,4,7,9,13H2,1H3,(H,28,31)(H,30,32);1-5,7-9H,6H2,(H,20,21);4H,2-3,5,10H2,1H3,(H,11,12);1H4. The van der Waals surface area contributed by atoms with Crippen molar-refractivity contribution in [2.75, 3.05) is 23.7 Å². The van der Waals surface area contributed by atoms with Crippen molar-refractivity contribution in [2.24, 2.45) is 5.73 Å². The van der Waals surface area contributed by atoms with Crippen molar-refractivity contribution < 1.29 is 14.7 Å². The summed E-state index contributed by atoms with van der Waals surface area (Å²) in [7, 11) is 0. The SMILES string of the molecule is C.Cc1nc2c(cc1CN)CCN2.Cc1nc2c(cc1CNC(=O)c1ccnc(Cc3ccc4ncc(Cl)cc4c3)c1)CCN2.O=C(O)c1ccnc(Cc2ccc3ncc(Cl)cc3c2)c1. The number of nitrogens with two attached hydrogens (primary N) is 1. The monoisotopic (exact) mass is 920 g/mol. The van der Waals surface area contributed by atoms with Gasteiger partial charge in [-0.1, -0.05) is 42.8 Å². The average molecular weight is 922 g/mol. The Labute approximate surface area is 393 Å². The molecule has 0 saturated carbocycles. The third kappa shape index (κ3) is 11.6. The Balaban J connectivity index is 0.000000163. The number of rotatable bonds is 9. The summed E-state index contributed by atoms with van der Waals surface area (Å²) in [6.07, 6.45) is 9.67. The van der Waals surface area contributed by atoms with E-state index in [1.807, 2.05) is 62.4 Å². The first-order valence-corrected chi connectivity index (χ1v) is 21.9. The number of carbonyl (C=O) groups excluding carboxylic acids is 1. The molecule has 0 fully saturated rings. The van der Waals surface area contributed by atoms with Crippen LogP contribution in [0.5, 0.6) is 0 Å². The number of fused-ring (bicyclic) bond motifs is 4. The fourth-order valence-electron chi connectivity index (χ4n) is 7.74. The minimum absolute atomic E-state index is 0. The van der Waals surface area contributed by atoms with Gasteiger partial charge >= 0.3 is 5.97 Å². The summed E-state index contributed by atoms with van der Waals surface area (Å²) in [5, 5.41) is 21.7. The highest BCUT2D eigenvalue weighted by Crippen LogP contribution is 2.25. The third-order valence-corrected chi connectivity index (χ3v) is 11.6. The molecule has 66 heavy (non-hydrogen) atoms. The Morgan fingerprint density at radius 2 is 1.17 bits per heavy atom. The zero-order valence-corrected chi connectivity index (χ0v) is 37.3. The maximum atomic E-state index is 12.8. The number of pyridine rings is 6. The molecule has 13 nitrogen and oxygen atoms in total. The quantitative estimate of drug-likeness (QED) is 0.0922. The van der Waals surface area contributed by atoms with Crippen LogP contribution in [0.4, 0.5) is 11.6 Å². The molecule has 0 unspecified atom stereocenters. The lowest BCUT2D eigenvalue weighted by Crippen LogP contribution is -2.23. The van der Waals surface area contributed by atoms with Crippen LogP contribution >= 0.6 is 23.2 Å². The van der Waals surface area contributed by atoms with E-state index in [9.17, 15) is 9.59 Å². The number of nitrogens with zero attached hydrogens (tertiary/aromatic N) is 6. The summed E-state index contributed by atoms with van der Waals surface area (Å²) >= 11 is 12.0. The largest absolute Gasteiger partial charge is 0.478 e. The summed E-state index contributed by atoms with van der Waals surface area (Å²) in [5.74, 6) is 0.933. The molecule has 10 rings (SSSR count). The average Bonchev–Trinajstić information content (AvgIpc) is 3.97. The fraction of sp³-hybridized carbons (Fsp3) is 0.216. The van der Waals surface area contributed by atoms with E-state index in [4.69, 9.17) is 34.0 Å². The number of halogens is 2. The van der Waals surface area contributed by atoms with Crippen molar-refractivity contribution in [3.05, 3.63) is 187 Å². The van der Waals surface area contributed by atoms with Crippen LogP contribution in [0.1, 0.15) is 84.3 Å². The number of amides is 1. The number of hydrogen-bond acceptors (Lipinski definition) is 11. The lowest BCUT2D eigenvalue weighted by molar-refractivity contribution is 0.0696. The van der Waals surface area contributed by atoms with Gasteiger partial charge in [0.2, 0.25) is 0 Å². The Bertz CT molecular complexity index is 3070. The molecule has 6 N–H and O–H groups in total. The van der Waals surface area contributed by atoms with E-state index in [1.165, 1.54) is 23.4 Å². The molecular weight excluding hydrogens is 872 g/mol. The summed E-state index contributed by atoms with van der Waals surface area (Å²) in [4.78, 5) is 50.0. The molecule has 8 aromatic rings. The number of hydrogen-bond donors (Lipinski definition) is 5. The molecule has 0 saturated heterocycles. The van der Waals surface area contributed by atoms with Gasteiger partial charge in [0.15, 0.2) is 0 Å². The predicted octanol–water partition coefficient (Wildman–Crippen LogP) is 9.50. The van der Waals surface area contributed by atoms with Gasteiger partial charge in [0.25, 0.3) is 5.91 Å². The molecule has 0 spiro atoms. The maximum absolute atomic E-state index is 12.8. The number of nitrogens with one attached hydrogen (secondary N) is 3. The van der Waals surface area contributed by atoms with E-state index in [-0.39, 0.29) is 18.9 Å². The summed E-state index contributed by atoms with van der Waals surface area (Å²) in [6, 6.07) is 26.6. The number of aromatic carboxylic acids is 1. The van der Waals surface area contributed by atoms with Crippen LogP contribution in [0, 0.1) is 13.8 Å². The number of carboxylic acid groups (broad SMARTS) is 1. The second-order valence-corrected chi connectivity index (χ2v) is 16.7. The van der Waals surface area contributed by atoms with Crippen LogP contribution in [0.15, 0.2) is 110 Å². The number of carboxylic acids is 1. The van der Waals surface area contributed by atoms with Gasteiger partial charge in [-0.25, -0.2) is 14.8 Å².